The zero-order chi connectivity index (χ0) is 22.2. The molecule has 0 bridgehead atoms. The van der Waals surface area contributed by atoms with Gasteiger partial charge in [0.1, 0.15) is 21.1 Å². The van der Waals surface area contributed by atoms with Crippen molar-refractivity contribution in [2.75, 3.05) is 0 Å². The van der Waals surface area contributed by atoms with Crippen LogP contribution in [0, 0.1) is 5.92 Å². The smallest absolute Gasteiger partial charge is 0.265 e. The molecule has 0 radical (unpaired) electrons. The van der Waals surface area contributed by atoms with Crippen LogP contribution in [0.3, 0.4) is 0 Å². The number of hydrogen-bond acceptors (Lipinski definition) is 6. The molecule has 1 amide bonds. The van der Waals surface area contributed by atoms with Gasteiger partial charge in [-0.25, -0.2) is 26.7 Å². The zero-order valence-electron chi connectivity index (χ0n) is 16.5. The topological polar surface area (TPSA) is 137 Å². The second-order valence-electron chi connectivity index (χ2n) is 7.70. The van der Waals surface area contributed by atoms with Crippen LogP contribution >= 0.6 is 0 Å². The highest BCUT2D eigenvalue weighted by Crippen LogP contribution is 2.38. The lowest BCUT2D eigenvalue weighted by atomic mass is 9.80. The summed E-state index contributed by atoms with van der Waals surface area (Å²) >= 11 is 0. The van der Waals surface area contributed by atoms with E-state index in [1.165, 1.54) is 12.1 Å². The number of fused-ring (bicyclic) bond motifs is 1. The van der Waals surface area contributed by atoms with Crippen LogP contribution in [-0.2, 0) is 24.8 Å². The molecule has 0 unspecified atom stereocenters. The molecule has 1 aliphatic rings. The van der Waals surface area contributed by atoms with Crippen molar-refractivity contribution in [1.29, 1.82) is 0 Å². The number of nitrogens with one attached hydrogen (secondary N) is 1. The van der Waals surface area contributed by atoms with Crippen LogP contribution in [0.5, 0.6) is 0 Å². The number of nitrogens with two attached hydrogens (primary N) is 1. The van der Waals surface area contributed by atoms with Crippen molar-refractivity contribution in [2.24, 2.45) is 11.1 Å². The number of sulfonamides is 2. The van der Waals surface area contributed by atoms with Crippen molar-refractivity contribution in [3.05, 3.63) is 60.4 Å². The number of furan rings is 1. The molecule has 8 nitrogen and oxygen atoms in total. The Bertz CT molecular complexity index is 1300. The third-order valence-electron chi connectivity index (χ3n) is 5.63. The molecule has 4 rings (SSSR count). The molecule has 1 saturated carbocycles. The van der Waals surface area contributed by atoms with E-state index in [-0.39, 0.29) is 5.92 Å². The van der Waals surface area contributed by atoms with Gasteiger partial charge >= 0.3 is 0 Å². The van der Waals surface area contributed by atoms with Gasteiger partial charge in [0.15, 0.2) is 0 Å². The summed E-state index contributed by atoms with van der Waals surface area (Å²) in [6, 6.07) is 14.7. The average molecular weight is 463 g/mol. The van der Waals surface area contributed by atoms with E-state index in [2.05, 4.69) is 0 Å². The summed E-state index contributed by atoms with van der Waals surface area (Å²) in [5.41, 5.74) is 0.817. The van der Waals surface area contributed by atoms with Crippen LogP contribution < -0.4 is 9.86 Å². The predicted octanol–water partition coefficient (Wildman–Crippen LogP) is 2.86. The molecular weight excluding hydrogens is 440 g/mol. The zero-order valence-corrected chi connectivity index (χ0v) is 18.2. The first kappa shape index (κ1) is 21.5. The average Bonchev–Trinajstić information content (AvgIpc) is 3.17. The second-order valence-corrected chi connectivity index (χ2v) is 10.9. The van der Waals surface area contributed by atoms with Crippen molar-refractivity contribution >= 4 is 36.9 Å². The Morgan fingerprint density at radius 3 is 2.16 bits per heavy atom. The van der Waals surface area contributed by atoms with E-state index in [1.54, 1.807) is 0 Å². The van der Waals surface area contributed by atoms with Gasteiger partial charge in [0.05, 0.1) is 0 Å². The summed E-state index contributed by atoms with van der Waals surface area (Å²) in [5.74, 6) is -0.102. The van der Waals surface area contributed by atoms with E-state index in [9.17, 15) is 21.6 Å². The summed E-state index contributed by atoms with van der Waals surface area (Å²) in [6.45, 7) is 0. The summed E-state index contributed by atoms with van der Waals surface area (Å²) in [6.07, 6.45) is 2.37. The summed E-state index contributed by atoms with van der Waals surface area (Å²) in [5, 5.41) is 6.14. The minimum Gasteiger partial charge on any atom is -0.461 e. The maximum Gasteiger partial charge on any atom is 0.265 e. The minimum absolute atomic E-state index is 0.163. The number of para-hydroxylation sites is 1. The fourth-order valence-corrected chi connectivity index (χ4v) is 6.45. The molecule has 1 aliphatic carbocycles. The minimum atomic E-state index is -4.38. The molecule has 2 aromatic carbocycles. The lowest BCUT2D eigenvalue weighted by Gasteiger charge is -2.26. The lowest BCUT2D eigenvalue weighted by Crippen LogP contribution is -2.37. The standard InChI is InChI=1S/C21H22N2O6S2/c22-30(25,26)19-7-3-4-8-20(19)31(27,28)23-21(24)15-11-9-14(10-12-15)18-13-16-5-1-2-6-17(16)29-18/h1-8,13-15H,9-12H2,(H,23,24)(H2,22,25,26). The van der Waals surface area contributed by atoms with Crippen LogP contribution in [0.2, 0.25) is 0 Å². The van der Waals surface area contributed by atoms with Crippen LogP contribution in [0.15, 0.2) is 68.8 Å². The maximum absolute atomic E-state index is 12.7. The molecule has 0 aliphatic heterocycles. The van der Waals surface area contributed by atoms with Crippen molar-refractivity contribution in [2.45, 2.75) is 41.4 Å². The van der Waals surface area contributed by atoms with Gasteiger partial charge in [-0.1, -0.05) is 30.3 Å². The normalized spacial score (nSPS) is 19.9. The Balaban J connectivity index is 1.44. The van der Waals surface area contributed by atoms with Crippen LogP contribution in [-0.4, -0.2) is 22.7 Å². The van der Waals surface area contributed by atoms with E-state index in [0.29, 0.717) is 25.7 Å². The molecule has 3 aromatic rings. The van der Waals surface area contributed by atoms with Crippen LogP contribution in [0.1, 0.15) is 37.4 Å². The first-order chi connectivity index (χ1) is 14.6. The number of carbonyl (C=O) groups excluding carboxylic acids is 1. The van der Waals surface area contributed by atoms with Crippen LogP contribution in [0.25, 0.3) is 11.0 Å². The first-order valence-corrected chi connectivity index (χ1v) is 12.8. The number of hydrogen-bond donors (Lipinski definition) is 2. The third-order valence-corrected chi connectivity index (χ3v) is 8.13. The van der Waals surface area contributed by atoms with Crippen molar-refractivity contribution in [1.82, 2.24) is 4.72 Å². The van der Waals surface area contributed by atoms with Crippen molar-refractivity contribution in [3.8, 4) is 0 Å². The quantitative estimate of drug-likeness (QED) is 0.598. The van der Waals surface area contributed by atoms with E-state index in [4.69, 9.17) is 9.56 Å². The summed E-state index contributed by atoms with van der Waals surface area (Å²) in [7, 11) is -8.65. The largest absolute Gasteiger partial charge is 0.461 e. The molecule has 10 heteroatoms. The molecule has 164 valence electrons. The number of benzene rings is 2. The van der Waals surface area contributed by atoms with E-state index < -0.39 is 41.7 Å². The van der Waals surface area contributed by atoms with E-state index >= 15 is 0 Å². The third kappa shape index (κ3) is 4.51. The Labute approximate surface area is 180 Å². The van der Waals surface area contributed by atoms with Crippen LogP contribution in [0.4, 0.5) is 0 Å². The maximum atomic E-state index is 12.7. The van der Waals surface area contributed by atoms with Gasteiger partial charge in [-0.15, -0.1) is 0 Å². The van der Waals surface area contributed by atoms with Gasteiger partial charge in [0.25, 0.3) is 10.0 Å². The Hall–Kier alpha value is -2.69. The first-order valence-electron chi connectivity index (χ1n) is 9.82. The molecule has 0 atom stereocenters. The fraction of sp³-hybridized carbons (Fsp3) is 0.286. The Morgan fingerprint density at radius 2 is 1.52 bits per heavy atom. The molecule has 1 aromatic heterocycles. The predicted molar refractivity (Wildman–Crippen MR) is 114 cm³/mol. The molecule has 31 heavy (non-hydrogen) atoms. The number of carbonyl (C=O) groups is 1. The number of amides is 1. The molecule has 3 N–H and O–H groups in total. The highest BCUT2D eigenvalue weighted by atomic mass is 32.2. The van der Waals surface area contributed by atoms with Gasteiger partial charge < -0.3 is 4.42 Å². The van der Waals surface area contributed by atoms with Gasteiger partial charge in [-0.3, -0.25) is 4.79 Å². The van der Waals surface area contributed by atoms with Crippen molar-refractivity contribution in [3.63, 3.8) is 0 Å². The fourth-order valence-electron chi connectivity index (χ4n) is 4.02. The molecule has 1 heterocycles. The van der Waals surface area contributed by atoms with Crippen molar-refractivity contribution < 1.29 is 26.0 Å². The number of rotatable bonds is 5. The Kier molecular flexibility index (Phi) is 5.63. The highest BCUT2D eigenvalue weighted by Gasteiger charge is 2.32. The molecule has 1 fully saturated rings. The SMILES string of the molecule is NS(=O)(=O)c1ccccc1S(=O)(=O)NC(=O)C1CCC(c2cc3ccccc3o2)CC1. The number of primary sulfonamides is 1. The summed E-state index contributed by atoms with van der Waals surface area (Å²) in [4.78, 5) is 11.5. The second kappa shape index (κ2) is 8.10. The Morgan fingerprint density at radius 1 is 0.903 bits per heavy atom. The summed E-state index contributed by atoms with van der Waals surface area (Å²) < 4.78 is 56.7. The highest BCUT2D eigenvalue weighted by molar-refractivity contribution is 7.92. The van der Waals surface area contributed by atoms with Gasteiger partial charge in [0, 0.05) is 17.2 Å². The van der Waals surface area contributed by atoms with Gasteiger partial charge in [0.2, 0.25) is 15.9 Å². The molecule has 0 saturated heterocycles. The lowest BCUT2D eigenvalue weighted by molar-refractivity contribution is -0.124. The van der Waals surface area contributed by atoms with E-state index in [0.717, 1.165) is 28.9 Å². The monoisotopic (exact) mass is 462 g/mol. The van der Waals surface area contributed by atoms with Gasteiger partial charge in [-0.05, 0) is 49.9 Å². The molecular formula is C21H22N2O6S2. The molecule has 0 spiro atoms. The van der Waals surface area contributed by atoms with E-state index in [1.807, 2.05) is 35.1 Å². The van der Waals surface area contributed by atoms with Gasteiger partial charge in [-0.2, -0.15) is 0 Å².